The predicted octanol–water partition coefficient (Wildman–Crippen LogP) is 22.5. The van der Waals surface area contributed by atoms with E-state index in [0.29, 0.717) is 19.4 Å². The lowest BCUT2D eigenvalue weighted by atomic mass is 10.0. The van der Waals surface area contributed by atoms with Gasteiger partial charge in [-0.3, -0.25) is 9.59 Å². The summed E-state index contributed by atoms with van der Waals surface area (Å²) in [5, 5.41) is 23.2. The number of aliphatic hydroxyl groups is 2. The molecule has 0 rings (SSSR count). The number of carbonyl (C=O) groups excluding carboxylic acids is 2. The van der Waals surface area contributed by atoms with Crippen molar-refractivity contribution in [1.82, 2.24) is 5.32 Å². The first-order chi connectivity index (χ1) is 38.0. The molecule has 0 aliphatic heterocycles. The van der Waals surface area contributed by atoms with Crippen LogP contribution >= 0.6 is 0 Å². The molecule has 0 radical (unpaired) electrons. The molecule has 0 aromatic rings. The summed E-state index contributed by atoms with van der Waals surface area (Å²) in [6.07, 6.45) is 84.0. The zero-order chi connectivity index (χ0) is 55.7. The van der Waals surface area contributed by atoms with Gasteiger partial charge in [0, 0.05) is 12.8 Å². The highest BCUT2D eigenvalue weighted by Crippen LogP contribution is 2.18. The molecule has 6 heteroatoms. The molecule has 0 aromatic carbocycles. The van der Waals surface area contributed by atoms with Crippen LogP contribution in [-0.2, 0) is 14.3 Å². The Kier molecular flexibility index (Phi) is 65.4. The lowest BCUT2D eigenvalue weighted by Gasteiger charge is -2.20. The van der Waals surface area contributed by atoms with E-state index in [1.54, 1.807) is 6.08 Å². The SMILES string of the molecule is CCCCCCCCCCCCCCC/C=C/C(O)C(CO)NC(=O)CCCCCCCCCCCCC/C=C\CCCCCCCCCCCCCCOC(=O)CCCCCCCCCCCCCCCCCCCC. The maximum Gasteiger partial charge on any atom is 0.305 e. The number of carbonyl (C=O) groups is 2. The molecule has 0 aromatic heterocycles. The van der Waals surface area contributed by atoms with Gasteiger partial charge in [-0.2, -0.15) is 0 Å². The molecular formula is C71H137NO5. The Morgan fingerprint density at radius 2 is 0.610 bits per heavy atom. The zero-order valence-electron chi connectivity index (χ0n) is 52.2. The highest BCUT2D eigenvalue weighted by molar-refractivity contribution is 5.76. The second kappa shape index (κ2) is 66.8. The first-order valence-corrected chi connectivity index (χ1v) is 35.1. The van der Waals surface area contributed by atoms with E-state index in [1.807, 2.05) is 6.08 Å². The van der Waals surface area contributed by atoms with Gasteiger partial charge < -0.3 is 20.3 Å². The maximum atomic E-state index is 12.5. The molecular weight excluding hydrogens is 947 g/mol. The first-order valence-electron chi connectivity index (χ1n) is 35.1. The molecule has 456 valence electrons. The molecule has 0 aliphatic rings. The summed E-state index contributed by atoms with van der Waals surface area (Å²) in [7, 11) is 0. The van der Waals surface area contributed by atoms with E-state index in [1.165, 1.54) is 327 Å². The summed E-state index contributed by atoms with van der Waals surface area (Å²) in [6.45, 7) is 4.94. The molecule has 0 saturated carbocycles. The molecule has 0 spiro atoms. The van der Waals surface area contributed by atoms with Crippen LogP contribution in [0.1, 0.15) is 393 Å². The molecule has 6 nitrogen and oxygen atoms in total. The van der Waals surface area contributed by atoms with Crippen LogP contribution < -0.4 is 5.32 Å². The number of nitrogens with one attached hydrogen (secondary N) is 1. The van der Waals surface area contributed by atoms with Gasteiger partial charge in [-0.15, -0.1) is 0 Å². The number of rotatable bonds is 66. The van der Waals surface area contributed by atoms with Gasteiger partial charge in [0.25, 0.3) is 0 Å². The number of hydrogen-bond acceptors (Lipinski definition) is 5. The Morgan fingerprint density at radius 3 is 0.922 bits per heavy atom. The Balaban J connectivity index is 3.37. The third kappa shape index (κ3) is 63.4. The third-order valence-corrected chi connectivity index (χ3v) is 16.5. The molecule has 3 N–H and O–H groups in total. The minimum Gasteiger partial charge on any atom is -0.466 e. The quantitative estimate of drug-likeness (QED) is 0.0320. The van der Waals surface area contributed by atoms with Crippen molar-refractivity contribution in [3.05, 3.63) is 24.3 Å². The van der Waals surface area contributed by atoms with Gasteiger partial charge in [0.15, 0.2) is 0 Å². The Hall–Kier alpha value is -1.66. The van der Waals surface area contributed by atoms with Crippen molar-refractivity contribution in [1.29, 1.82) is 0 Å². The van der Waals surface area contributed by atoms with Crippen LogP contribution in [0.15, 0.2) is 24.3 Å². The lowest BCUT2D eigenvalue weighted by molar-refractivity contribution is -0.143. The van der Waals surface area contributed by atoms with Crippen molar-refractivity contribution in [2.45, 2.75) is 405 Å². The molecule has 2 unspecified atom stereocenters. The summed E-state index contributed by atoms with van der Waals surface area (Å²) in [4.78, 5) is 24.6. The number of hydrogen-bond donors (Lipinski definition) is 3. The average molecular weight is 1080 g/mol. The van der Waals surface area contributed by atoms with Crippen LogP contribution in [0, 0.1) is 0 Å². The first kappa shape index (κ1) is 75.3. The molecule has 0 aliphatic carbocycles. The van der Waals surface area contributed by atoms with E-state index in [-0.39, 0.29) is 18.5 Å². The fraction of sp³-hybridized carbons (Fsp3) is 0.915. The summed E-state index contributed by atoms with van der Waals surface area (Å²) in [5.41, 5.74) is 0. The minimum absolute atomic E-state index is 0.0198. The number of aliphatic hydroxyl groups excluding tert-OH is 2. The van der Waals surface area contributed by atoms with Crippen molar-refractivity contribution >= 4 is 11.9 Å². The van der Waals surface area contributed by atoms with Gasteiger partial charge in [-0.1, -0.05) is 346 Å². The molecule has 2 atom stereocenters. The number of amides is 1. The molecule has 77 heavy (non-hydrogen) atoms. The third-order valence-electron chi connectivity index (χ3n) is 16.5. The van der Waals surface area contributed by atoms with Crippen molar-refractivity contribution in [3.8, 4) is 0 Å². The highest BCUT2D eigenvalue weighted by Gasteiger charge is 2.18. The normalized spacial score (nSPS) is 12.6. The van der Waals surface area contributed by atoms with Crippen molar-refractivity contribution in [3.63, 3.8) is 0 Å². The molecule has 0 heterocycles. The fourth-order valence-corrected chi connectivity index (χ4v) is 11.1. The summed E-state index contributed by atoms with van der Waals surface area (Å²) in [5.74, 6) is -0.0467. The maximum absolute atomic E-state index is 12.5. The average Bonchev–Trinajstić information content (AvgIpc) is 3.43. The van der Waals surface area contributed by atoms with Crippen LogP contribution in [0.5, 0.6) is 0 Å². The van der Waals surface area contributed by atoms with Crippen LogP contribution in [0.2, 0.25) is 0 Å². The van der Waals surface area contributed by atoms with Gasteiger partial charge in [0.05, 0.1) is 25.4 Å². The van der Waals surface area contributed by atoms with E-state index in [0.717, 1.165) is 38.5 Å². The van der Waals surface area contributed by atoms with Crippen LogP contribution in [-0.4, -0.2) is 47.4 Å². The Labute approximate surface area is 481 Å². The van der Waals surface area contributed by atoms with Crippen LogP contribution in [0.4, 0.5) is 0 Å². The van der Waals surface area contributed by atoms with Gasteiger partial charge in [-0.05, 0) is 57.8 Å². The second-order valence-electron chi connectivity index (χ2n) is 24.2. The predicted molar refractivity (Wildman–Crippen MR) is 338 cm³/mol. The largest absolute Gasteiger partial charge is 0.466 e. The molecule has 1 amide bonds. The monoisotopic (exact) mass is 1080 g/mol. The van der Waals surface area contributed by atoms with Crippen molar-refractivity contribution in [2.75, 3.05) is 13.2 Å². The van der Waals surface area contributed by atoms with Gasteiger partial charge in [0.2, 0.25) is 5.91 Å². The van der Waals surface area contributed by atoms with E-state index in [2.05, 4.69) is 31.3 Å². The summed E-state index contributed by atoms with van der Waals surface area (Å²) < 4.78 is 5.51. The van der Waals surface area contributed by atoms with Crippen LogP contribution in [0.25, 0.3) is 0 Å². The highest BCUT2D eigenvalue weighted by atomic mass is 16.5. The Bertz CT molecular complexity index is 1200. The molecule has 0 fully saturated rings. The second-order valence-corrected chi connectivity index (χ2v) is 24.2. The molecule has 0 bridgehead atoms. The minimum atomic E-state index is -0.844. The number of allylic oxidation sites excluding steroid dienone is 3. The number of unbranched alkanes of at least 4 members (excludes halogenated alkanes) is 53. The van der Waals surface area contributed by atoms with Gasteiger partial charge in [-0.25, -0.2) is 0 Å². The molecule has 0 saturated heterocycles. The van der Waals surface area contributed by atoms with E-state index in [9.17, 15) is 19.8 Å². The van der Waals surface area contributed by atoms with E-state index >= 15 is 0 Å². The van der Waals surface area contributed by atoms with Gasteiger partial charge in [0.1, 0.15) is 0 Å². The van der Waals surface area contributed by atoms with Crippen molar-refractivity contribution in [2.24, 2.45) is 0 Å². The summed E-state index contributed by atoms with van der Waals surface area (Å²) in [6, 6.07) is -0.628. The van der Waals surface area contributed by atoms with E-state index < -0.39 is 12.1 Å². The smallest absolute Gasteiger partial charge is 0.305 e. The van der Waals surface area contributed by atoms with Gasteiger partial charge >= 0.3 is 5.97 Å². The van der Waals surface area contributed by atoms with E-state index in [4.69, 9.17) is 4.74 Å². The topological polar surface area (TPSA) is 95.9 Å². The lowest BCUT2D eigenvalue weighted by Crippen LogP contribution is -2.45. The zero-order valence-corrected chi connectivity index (χ0v) is 52.2. The Morgan fingerprint density at radius 1 is 0.351 bits per heavy atom. The standard InChI is InChI=1S/C71H137NO5/c1-3-5-7-9-11-13-15-17-19-20-33-37-41-45-49-53-57-61-65-71(76)77-66-62-58-54-50-46-42-38-34-31-29-27-25-23-21-22-24-26-28-30-32-36-40-44-48-52-56-60-64-70(75)72-68(67-73)69(74)63-59-55-51-47-43-39-35-18-16-14-12-10-8-6-4-2/h21-22,59,63,68-69,73-74H,3-20,23-58,60-62,64-67H2,1-2H3,(H,72,75)/b22-21-,63-59+. The summed E-state index contributed by atoms with van der Waals surface area (Å²) >= 11 is 0. The number of esters is 1. The number of ether oxygens (including phenoxy) is 1. The van der Waals surface area contributed by atoms with Crippen LogP contribution in [0.3, 0.4) is 0 Å². The fourth-order valence-electron chi connectivity index (χ4n) is 11.1. The van der Waals surface area contributed by atoms with Crippen molar-refractivity contribution < 1.29 is 24.5 Å².